The van der Waals surface area contributed by atoms with Crippen LogP contribution in [0.15, 0.2) is 48.5 Å². The van der Waals surface area contributed by atoms with Crippen LogP contribution in [0.2, 0.25) is 0 Å². The summed E-state index contributed by atoms with van der Waals surface area (Å²) in [6.45, 7) is -0.335. The van der Waals surface area contributed by atoms with Crippen LogP contribution in [0, 0.1) is 11.6 Å². The van der Waals surface area contributed by atoms with Gasteiger partial charge in [0.05, 0.1) is 5.56 Å². The average molecular weight is 386 g/mol. The smallest absolute Gasteiger partial charge is 0.348 e. The Labute approximate surface area is 157 Å². The minimum Gasteiger partial charge on any atom is -0.488 e. The summed E-state index contributed by atoms with van der Waals surface area (Å²) in [6.07, 6.45) is 0. The van der Waals surface area contributed by atoms with Crippen molar-refractivity contribution >= 4 is 23.1 Å². The van der Waals surface area contributed by atoms with Gasteiger partial charge in [0, 0.05) is 16.0 Å². The van der Waals surface area contributed by atoms with Gasteiger partial charge in [0.25, 0.3) is 0 Å². The average Bonchev–Trinajstić information content (AvgIpc) is 3.12. The van der Waals surface area contributed by atoms with Gasteiger partial charge in [0.2, 0.25) is 5.78 Å². The largest absolute Gasteiger partial charge is 0.488 e. The summed E-state index contributed by atoms with van der Waals surface area (Å²) in [4.78, 5) is 25.5. The van der Waals surface area contributed by atoms with Crippen molar-refractivity contribution in [1.29, 1.82) is 0 Å². The third-order valence-corrected chi connectivity index (χ3v) is 5.28. The lowest BCUT2D eigenvalue weighted by atomic mass is 10.1. The van der Waals surface area contributed by atoms with E-state index >= 15 is 0 Å². The van der Waals surface area contributed by atoms with Crippen LogP contribution in [-0.4, -0.2) is 18.4 Å². The first kappa shape index (κ1) is 17.4. The van der Waals surface area contributed by atoms with Crippen LogP contribution in [0.5, 0.6) is 5.75 Å². The Morgan fingerprint density at radius 3 is 2.78 bits per heavy atom. The third kappa shape index (κ3) is 3.33. The Balaban J connectivity index is 1.50. The highest BCUT2D eigenvalue weighted by Crippen LogP contribution is 2.42. The molecule has 136 valence electrons. The summed E-state index contributed by atoms with van der Waals surface area (Å²) in [6, 6.07) is 11.7. The van der Waals surface area contributed by atoms with E-state index < -0.39 is 35.6 Å². The van der Waals surface area contributed by atoms with Crippen molar-refractivity contribution in [1.82, 2.24) is 0 Å². The number of halogens is 2. The zero-order valence-corrected chi connectivity index (χ0v) is 14.6. The first-order chi connectivity index (χ1) is 13.0. The molecule has 0 N–H and O–H groups in total. The van der Waals surface area contributed by atoms with E-state index in [-0.39, 0.29) is 0 Å². The van der Waals surface area contributed by atoms with Gasteiger partial charge in [-0.15, -0.1) is 11.3 Å². The van der Waals surface area contributed by atoms with Gasteiger partial charge in [-0.3, -0.25) is 4.79 Å². The molecule has 0 amide bonds. The number of ketones is 1. The van der Waals surface area contributed by atoms with E-state index in [0.717, 1.165) is 40.0 Å². The van der Waals surface area contributed by atoms with E-state index in [9.17, 15) is 18.4 Å². The molecule has 1 aliphatic heterocycles. The number of esters is 1. The van der Waals surface area contributed by atoms with Gasteiger partial charge >= 0.3 is 5.97 Å². The number of carbonyl (C=O) groups is 2. The van der Waals surface area contributed by atoms with Crippen molar-refractivity contribution in [2.24, 2.45) is 0 Å². The van der Waals surface area contributed by atoms with Crippen molar-refractivity contribution in [2.45, 2.75) is 6.61 Å². The number of Topliss-reactive ketones (excluding diaryl/α,β-unsaturated/α-hetero) is 1. The second-order valence-electron chi connectivity index (χ2n) is 5.87. The Bertz CT molecular complexity index is 1060. The Morgan fingerprint density at radius 1 is 1.11 bits per heavy atom. The summed E-state index contributed by atoms with van der Waals surface area (Å²) in [5, 5.41) is 0. The molecule has 27 heavy (non-hydrogen) atoms. The molecule has 3 aromatic rings. The van der Waals surface area contributed by atoms with Gasteiger partial charge in [-0.05, 0) is 36.4 Å². The molecule has 0 bridgehead atoms. The lowest BCUT2D eigenvalue weighted by Crippen LogP contribution is -2.15. The Hall–Kier alpha value is -3.06. The topological polar surface area (TPSA) is 52.6 Å². The molecule has 7 heteroatoms. The van der Waals surface area contributed by atoms with Crippen molar-refractivity contribution in [2.75, 3.05) is 6.61 Å². The lowest BCUT2D eigenvalue weighted by molar-refractivity contribution is 0.0478. The first-order valence-electron chi connectivity index (χ1n) is 8.03. The number of thiophene rings is 1. The maximum absolute atomic E-state index is 13.6. The maximum Gasteiger partial charge on any atom is 0.348 e. The van der Waals surface area contributed by atoms with E-state index in [1.807, 2.05) is 24.3 Å². The number of rotatable bonds is 4. The zero-order chi connectivity index (χ0) is 19.0. The molecule has 2 heterocycles. The quantitative estimate of drug-likeness (QED) is 0.485. The minimum atomic E-state index is -0.863. The van der Waals surface area contributed by atoms with Gasteiger partial charge in [-0.2, -0.15) is 0 Å². The molecule has 0 saturated heterocycles. The number of ether oxygens (including phenoxy) is 2. The standard InChI is InChI=1S/C20H12F2O4S/c21-12-5-6-15(22)14(8-12)16(23)10-26-20(24)18-7-11-9-25-17-4-2-1-3-13(17)19(11)27-18/h1-8H,9-10H2. The molecule has 1 aromatic heterocycles. The van der Waals surface area contributed by atoms with Crippen molar-refractivity contribution in [3.8, 4) is 16.2 Å². The molecular formula is C20H12F2O4S. The van der Waals surface area contributed by atoms with E-state index in [1.54, 1.807) is 6.07 Å². The number of fused-ring (bicyclic) bond motifs is 3. The Kier molecular flexibility index (Phi) is 4.45. The fourth-order valence-corrected chi connectivity index (χ4v) is 3.88. The Morgan fingerprint density at radius 2 is 1.93 bits per heavy atom. The monoisotopic (exact) mass is 386 g/mol. The van der Waals surface area contributed by atoms with Crippen LogP contribution in [0.1, 0.15) is 25.6 Å². The first-order valence-corrected chi connectivity index (χ1v) is 8.85. The molecule has 0 unspecified atom stereocenters. The molecular weight excluding hydrogens is 374 g/mol. The summed E-state index contributed by atoms with van der Waals surface area (Å²) in [5.41, 5.74) is 1.30. The molecule has 4 nitrogen and oxygen atoms in total. The van der Waals surface area contributed by atoms with E-state index in [2.05, 4.69) is 0 Å². The highest BCUT2D eigenvalue weighted by molar-refractivity contribution is 7.17. The van der Waals surface area contributed by atoms with Gasteiger partial charge in [0.15, 0.2) is 6.61 Å². The molecule has 2 aromatic carbocycles. The van der Waals surface area contributed by atoms with Crippen molar-refractivity contribution in [3.63, 3.8) is 0 Å². The molecule has 0 saturated carbocycles. The van der Waals surface area contributed by atoms with Gasteiger partial charge in [-0.25, -0.2) is 13.6 Å². The summed E-state index contributed by atoms with van der Waals surface area (Å²) in [7, 11) is 0. The van der Waals surface area contributed by atoms with E-state index in [0.29, 0.717) is 11.5 Å². The maximum atomic E-state index is 13.6. The minimum absolute atomic E-state index is 0.313. The highest BCUT2D eigenvalue weighted by atomic mass is 32.1. The highest BCUT2D eigenvalue weighted by Gasteiger charge is 2.24. The predicted octanol–water partition coefficient (Wildman–Crippen LogP) is 4.63. The molecule has 0 atom stereocenters. The molecule has 0 fully saturated rings. The second kappa shape index (κ2) is 6.92. The summed E-state index contributed by atoms with van der Waals surface area (Å²) >= 11 is 1.24. The van der Waals surface area contributed by atoms with Gasteiger partial charge < -0.3 is 9.47 Å². The number of hydrogen-bond donors (Lipinski definition) is 0. The normalized spacial score (nSPS) is 11.9. The number of para-hydroxylation sites is 1. The SMILES string of the molecule is O=C(OCC(=O)c1cc(F)ccc1F)c1cc2c(s1)-c1ccccc1OC2. The third-order valence-electron chi connectivity index (χ3n) is 4.09. The molecule has 0 aliphatic carbocycles. The fourth-order valence-electron chi connectivity index (χ4n) is 2.79. The van der Waals surface area contributed by atoms with Crippen LogP contribution in [0.4, 0.5) is 8.78 Å². The second-order valence-corrected chi connectivity index (χ2v) is 6.93. The van der Waals surface area contributed by atoms with Crippen molar-refractivity contribution < 1.29 is 27.8 Å². The zero-order valence-electron chi connectivity index (χ0n) is 13.8. The van der Waals surface area contributed by atoms with E-state index in [1.165, 1.54) is 11.3 Å². The fraction of sp³-hybridized carbons (Fsp3) is 0.100. The number of benzene rings is 2. The van der Waals surface area contributed by atoms with Crippen LogP contribution >= 0.6 is 11.3 Å². The summed E-state index contributed by atoms with van der Waals surface area (Å²) in [5.74, 6) is -2.37. The number of hydrogen-bond acceptors (Lipinski definition) is 5. The van der Waals surface area contributed by atoms with Gasteiger partial charge in [-0.1, -0.05) is 12.1 Å². The molecule has 4 rings (SSSR count). The van der Waals surface area contributed by atoms with Crippen LogP contribution in [0.3, 0.4) is 0 Å². The van der Waals surface area contributed by atoms with Crippen LogP contribution < -0.4 is 4.74 Å². The number of carbonyl (C=O) groups excluding carboxylic acids is 2. The van der Waals surface area contributed by atoms with E-state index in [4.69, 9.17) is 9.47 Å². The lowest BCUT2D eigenvalue weighted by Gasteiger charge is -2.16. The summed E-state index contributed by atoms with van der Waals surface area (Å²) < 4.78 is 37.5. The molecule has 1 aliphatic rings. The molecule has 0 radical (unpaired) electrons. The van der Waals surface area contributed by atoms with Crippen molar-refractivity contribution in [3.05, 3.63) is 76.2 Å². The molecule has 0 spiro atoms. The van der Waals surface area contributed by atoms with Crippen LogP contribution in [0.25, 0.3) is 10.4 Å². The van der Waals surface area contributed by atoms with Crippen LogP contribution in [-0.2, 0) is 11.3 Å². The predicted molar refractivity (Wildman–Crippen MR) is 95.1 cm³/mol. The van der Waals surface area contributed by atoms with Gasteiger partial charge in [0.1, 0.15) is 28.9 Å².